The lowest BCUT2D eigenvalue weighted by atomic mass is 10.1. The maximum absolute atomic E-state index is 11.1. The molecule has 1 unspecified atom stereocenters. The van der Waals surface area contributed by atoms with Gasteiger partial charge in [-0.3, -0.25) is 4.79 Å². The molecule has 0 saturated heterocycles. The molecule has 0 aliphatic rings. The molecule has 0 rings (SSSR count). The number of esters is 1. The van der Waals surface area contributed by atoms with Crippen LogP contribution in [0.15, 0.2) is 0 Å². The molecule has 74 valence electrons. The predicted molar refractivity (Wildman–Crippen MR) is 51.9 cm³/mol. The molecular formula is C10H17NO2. The zero-order valence-corrected chi connectivity index (χ0v) is 8.46. The Morgan fingerprint density at radius 2 is 2.15 bits per heavy atom. The average Bonchev–Trinajstić information content (AvgIpc) is 1.97. The first-order chi connectivity index (χ1) is 5.85. The van der Waals surface area contributed by atoms with E-state index in [4.69, 9.17) is 16.9 Å². The molecule has 1 atom stereocenters. The van der Waals surface area contributed by atoms with Gasteiger partial charge in [0.1, 0.15) is 5.60 Å². The molecule has 3 heteroatoms. The van der Waals surface area contributed by atoms with E-state index in [0.717, 1.165) is 0 Å². The summed E-state index contributed by atoms with van der Waals surface area (Å²) in [6.07, 6.45) is 5.82. The van der Waals surface area contributed by atoms with Crippen molar-refractivity contribution in [3.05, 3.63) is 0 Å². The van der Waals surface area contributed by atoms with Crippen molar-refractivity contribution in [3.8, 4) is 12.3 Å². The topological polar surface area (TPSA) is 52.3 Å². The maximum Gasteiger partial charge on any atom is 0.306 e. The van der Waals surface area contributed by atoms with Crippen molar-refractivity contribution in [1.29, 1.82) is 0 Å². The summed E-state index contributed by atoms with van der Waals surface area (Å²) in [5.74, 6) is 2.10. The number of carbonyl (C=O) groups is 1. The van der Waals surface area contributed by atoms with Crippen LogP contribution in [0.3, 0.4) is 0 Å². The Morgan fingerprint density at radius 1 is 1.62 bits per heavy atom. The number of ether oxygens (including phenoxy) is 1. The Labute approximate surface area is 79.6 Å². The van der Waals surface area contributed by atoms with Crippen molar-refractivity contribution < 1.29 is 9.53 Å². The number of rotatable bonds is 3. The van der Waals surface area contributed by atoms with Crippen molar-refractivity contribution >= 4 is 5.97 Å². The van der Waals surface area contributed by atoms with Gasteiger partial charge in [0.05, 0.1) is 6.04 Å². The average molecular weight is 183 g/mol. The minimum Gasteiger partial charge on any atom is -0.460 e. The third-order valence-electron chi connectivity index (χ3n) is 1.29. The molecule has 3 nitrogen and oxygen atoms in total. The van der Waals surface area contributed by atoms with Crippen LogP contribution in [0.1, 0.15) is 33.6 Å². The van der Waals surface area contributed by atoms with E-state index >= 15 is 0 Å². The molecule has 0 fully saturated rings. The molecule has 0 aliphatic carbocycles. The Bertz CT molecular complexity index is 210. The van der Waals surface area contributed by atoms with Gasteiger partial charge in [-0.25, -0.2) is 0 Å². The first-order valence-electron chi connectivity index (χ1n) is 4.28. The van der Waals surface area contributed by atoms with E-state index in [0.29, 0.717) is 6.42 Å². The van der Waals surface area contributed by atoms with E-state index in [-0.39, 0.29) is 18.4 Å². The highest BCUT2D eigenvalue weighted by Gasteiger charge is 2.16. The Hall–Kier alpha value is -1.01. The Kier molecular flexibility index (Phi) is 4.50. The molecule has 0 aromatic heterocycles. The number of carbonyl (C=O) groups excluding carboxylic acids is 1. The van der Waals surface area contributed by atoms with E-state index in [9.17, 15) is 4.79 Å². The van der Waals surface area contributed by atoms with Crippen molar-refractivity contribution in [2.45, 2.75) is 45.3 Å². The summed E-state index contributed by atoms with van der Waals surface area (Å²) in [6, 6.07) is -0.354. The minimum absolute atomic E-state index is 0.252. The van der Waals surface area contributed by atoms with E-state index in [1.54, 1.807) is 0 Å². The summed E-state index contributed by atoms with van der Waals surface area (Å²) < 4.78 is 5.07. The van der Waals surface area contributed by atoms with Crippen LogP contribution >= 0.6 is 0 Å². The highest BCUT2D eigenvalue weighted by atomic mass is 16.6. The van der Waals surface area contributed by atoms with E-state index in [1.807, 2.05) is 20.8 Å². The van der Waals surface area contributed by atoms with Gasteiger partial charge in [0, 0.05) is 6.42 Å². The zero-order chi connectivity index (χ0) is 10.5. The number of hydrogen-bond donors (Lipinski definition) is 1. The second kappa shape index (κ2) is 4.88. The largest absolute Gasteiger partial charge is 0.460 e. The zero-order valence-electron chi connectivity index (χ0n) is 8.46. The van der Waals surface area contributed by atoms with E-state index < -0.39 is 5.60 Å². The fourth-order valence-corrected chi connectivity index (χ4v) is 0.749. The van der Waals surface area contributed by atoms with Crippen LogP contribution in [0, 0.1) is 12.3 Å². The SMILES string of the molecule is C#CC(N)CCC(=O)OC(C)(C)C. The first-order valence-corrected chi connectivity index (χ1v) is 4.28. The lowest BCUT2D eigenvalue weighted by molar-refractivity contribution is -0.154. The van der Waals surface area contributed by atoms with Gasteiger partial charge >= 0.3 is 5.97 Å². The minimum atomic E-state index is -0.433. The third kappa shape index (κ3) is 7.35. The molecule has 0 radical (unpaired) electrons. The normalized spacial score (nSPS) is 13.2. The van der Waals surface area contributed by atoms with E-state index in [1.165, 1.54) is 0 Å². The summed E-state index contributed by atoms with van der Waals surface area (Å²) in [4.78, 5) is 11.1. The molecule has 0 aromatic rings. The van der Waals surface area contributed by atoms with Crippen molar-refractivity contribution in [2.75, 3.05) is 0 Å². The van der Waals surface area contributed by atoms with Crippen LogP contribution < -0.4 is 5.73 Å². The number of nitrogens with two attached hydrogens (primary N) is 1. The maximum atomic E-state index is 11.1. The molecule has 0 heterocycles. The van der Waals surface area contributed by atoms with Gasteiger partial charge in [-0.2, -0.15) is 0 Å². The van der Waals surface area contributed by atoms with Crippen LogP contribution in [0.4, 0.5) is 0 Å². The standard InChI is InChI=1S/C10H17NO2/c1-5-8(11)6-7-9(12)13-10(2,3)4/h1,8H,6-7,11H2,2-4H3. The van der Waals surface area contributed by atoms with Crippen LogP contribution in [-0.4, -0.2) is 17.6 Å². The molecule has 0 saturated carbocycles. The summed E-state index contributed by atoms with van der Waals surface area (Å²) in [7, 11) is 0. The highest BCUT2D eigenvalue weighted by Crippen LogP contribution is 2.09. The second-order valence-electron chi connectivity index (χ2n) is 3.90. The fraction of sp³-hybridized carbons (Fsp3) is 0.700. The lowest BCUT2D eigenvalue weighted by Gasteiger charge is -2.19. The van der Waals surface area contributed by atoms with Crippen molar-refractivity contribution in [1.82, 2.24) is 0 Å². The second-order valence-corrected chi connectivity index (χ2v) is 3.90. The summed E-state index contributed by atoms with van der Waals surface area (Å²) in [6.45, 7) is 5.48. The van der Waals surface area contributed by atoms with Crippen LogP contribution in [0.2, 0.25) is 0 Å². The molecule has 0 aromatic carbocycles. The molecular weight excluding hydrogens is 166 g/mol. The van der Waals surface area contributed by atoms with Crippen molar-refractivity contribution in [3.63, 3.8) is 0 Å². The van der Waals surface area contributed by atoms with Gasteiger partial charge in [0.25, 0.3) is 0 Å². The van der Waals surface area contributed by atoms with E-state index in [2.05, 4.69) is 5.92 Å². The van der Waals surface area contributed by atoms with Gasteiger partial charge < -0.3 is 10.5 Å². The Morgan fingerprint density at radius 3 is 2.54 bits per heavy atom. The summed E-state index contributed by atoms with van der Waals surface area (Å²) >= 11 is 0. The number of hydrogen-bond acceptors (Lipinski definition) is 3. The molecule has 0 amide bonds. The highest BCUT2D eigenvalue weighted by molar-refractivity contribution is 5.69. The summed E-state index contributed by atoms with van der Waals surface area (Å²) in [5, 5.41) is 0. The van der Waals surface area contributed by atoms with Crippen LogP contribution in [0.5, 0.6) is 0 Å². The smallest absolute Gasteiger partial charge is 0.306 e. The Balaban J connectivity index is 3.72. The molecule has 0 bridgehead atoms. The molecule has 0 aliphatic heterocycles. The van der Waals surface area contributed by atoms with Gasteiger partial charge in [0.2, 0.25) is 0 Å². The molecule has 13 heavy (non-hydrogen) atoms. The van der Waals surface area contributed by atoms with Crippen LogP contribution in [-0.2, 0) is 9.53 Å². The molecule has 2 N–H and O–H groups in total. The summed E-state index contributed by atoms with van der Waals surface area (Å²) in [5.41, 5.74) is 5.01. The lowest BCUT2D eigenvalue weighted by Crippen LogP contribution is -2.25. The number of terminal acetylenes is 1. The van der Waals surface area contributed by atoms with Gasteiger partial charge in [-0.1, -0.05) is 5.92 Å². The van der Waals surface area contributed by atoms with Gasteiger partial charge in [-0.15, -0.1) is 6.42 Å². The molecule has 0 spiro atoms. The van der Waals surface area contributed by atoms with Crippen molar-refractivity contribution in [2.24, 2.45) is 5.73 Å². The first kappa shape index (κ1) is 12.0. The quantitative estimate of drug-likeness (QED) is 0.526. The van der Waals surface area contributed by atoms with Crippen LogP contribution in [0.25, 0.3) is 0 Å². The third-order valence-corrected chi connectivity index (χ3v) is 1.29. The van der Waals surface area contributed by atoms with Gasteiger partial charge in [-0.05, 0) is 27.2 Å². The predicted octanol–water partition coefficient (Wildman–Crippen LogP) is 1.07. The van der Waals surface area contributed by atoms with Gasteiger partial charge in [0.15, 0.2) is 0 Å². The monoisotopic (exact) mass is 183 g/mol. The fourth-order valence-electron chi connectivity index (χ4n) is 0.749.